The van der Waals surface area contributed by atoms with Gasteiger partial charge in [-0.25, -0.2) is 0 Å². The van der Waals surface area contributed by atoms with E-state index in [0.29, 0.717) is 6.54 Å². The molecule has 1 amide bonds. The summed E-state index contributed by atoms with van der Waals surface area (Å²) in [6.07, 6.45) is 2.69. The second kappa shape index (κ2) is 9.78. The van der Waals surface area contributed by atoms with E-state index in [9.17, 15) is 4.79 Å². The van der Waals surface area contributed by atoms with Crippen LogP contribution in [0.4, 0.5) is 0 Å². The van der Waals surface area contributed by atoms with E-state index in [1.165, 1.54) is 0 Å². The first kappa shape index (κ1) is 20.4. The van der Waals surface area contributed by atoms with Crippen LogP contribution in [0.3, 0.4) is 0 Å². The molecular formula is C24H30N3O3+. The minimum absolute atomic E-state index is 0.0707. The van der Waals surface area contributed by atoms with E-state index >= 15 is 0 Å². The topological polar surface area (TPSA) is 60.8 Å². The van der Waals surface area contributed by atoms with Crippen molar-refractivity contribution in [3.8, 4) is 11.3 Å². The predicted molar refractivity (Wildman–Crippen MR) is 115 cm³/mol. The number of amides is 1. The van der Waals surface area contributed by atoms with Crippen LogP contribution < -0.4 is 10.2 Å². The maximum Gasteiger partial charge on any atom is 0.253 e. The average molecular weight is 409 g/mol. The number of aromatic nitrogens is 1. The van der Waals surface area contributed by atoms with E-state index in [-0.39, 0.29) is 5.91 Å². The Kier molecular flexibility index (Phi) is 6.67. The first-order chi connectivity index (χ1) is 14.7. The zero-order valence-corrected chi connectivity index (χ0v) is 17.5. The van der Waals surface area contributed by atoms with Gasteiger partial charge in [-0.15, -0.1) is 0 Å². The lowest BCUT2D eigenvalue weighted by Gasteiger charge is -2.24. The van der Waals surface area contributed by atoms with Crippen LogP contribution in [0.5, 0.6) is 0 Å². The third-order valence-corrected chi connectivity index (χ3v) is 5.80. The Bertz CT molecular complexity index is 942. The lowest BCUT2D eigenvalue weighted by atomic mass is 10.1. The molecular weight excluding hydrogens is 378 g/mol. The van der Waals surface area contributed by atoms with E-state index in [2.05, 4.69) is 22.0 Å². The molecule has 3 aromatic rings. The quantitative estimate of drug-likeness (QED) is 0.601. The normalized spacial score (nSPS) is 14.7. The number of furan rings is 1. The van der Waals surface area contributed by atoms with Crippen LogP contribution in [0.25, 0.3) is 11.3 Å². The molecule has 0 unspecified atom stereocenters. The molecule has 0 radical (unpaired) electrons. The molecule has 4 rings (SSSR count). The number of hydrogen-bond donors (Lipinski definition) is 2. The summed E-state index contributed by atoms with van der Waals surface area (Å²) in [4.78, 5) is 14.5. The standard InChI is InChI=1S/C24H29N3O3/c1-19-22(24(28)25-18-21-9-5-14-30-21)17-23(20-7-3-2-4-8-20)27(19)11-6-10-26-12-15-29-16-13-26/h2-5,7-9,14,17H,6,10-13,15-16,18H2,1H3,(H,25,28)/p+1. The average Bonchev–Trinajstić information content (AvgIpc) is 3.42. The van der Waals surface area contributed by atoms with E-state index in [4.69, 9.17) is 9.15 Å². The van der Waals surface area contributed by atoms with Gasteiger partial charge in [-0.05, 0) is 30.7 Å². The van der Waals surface area contributed by atoms with Gasteiger partial charge < -0.3 is 23.9 Å². The fourth-order valence-corrected chi connectivity index (χ4v) is 4.08. The van der Waals surface area contributed by atoms with Crippen molar-refractivity contribution in [1.29, 1.82) is 0 Å². The highest BCUT2D eigenvalue weighted by Crippen LogP contribution is 2.26. The van der Waals surface area contributed by atoms with Crippen molar-refractivity contribution >= 4 is 5.91 Å². The summed E-state index contributed by atoms with van der Waals surface area (Å²) in [7, 11) is 0. The molecule has 0 bridgehead atoms. The van der Waals surface area contributed by atoms with Crippen molar-refractivity contribution in [3.63, 3.8) is 0 Å². The maximum absolute atomic E-state index is 12.9. The van der Waals surface area contributed by atoms with E-state index in [0.717, 1.165) is 74.1 Å². The van der Waals surface area contributed by atoms with Gasteiger partial charge in [0.15, 0.2) is 0 Å². The summed E-state index contributed by atoms with van der Waals surface area (Å²) in [6, 6.07) is 16.0. The molecule has 158 valence electrons. The first-order valence-electron chi connectivity index (χ1n) is 10.7. The van der Waals surface area contributed by atoms with Gasteiger partial charge in [0.25, 0.3) is 5.91 Å². The van der Waals surface area contributed by atoms with Crippen LogP contribution in [0.1, 0.15) is 28.2 Å². The second-order valence-corrected chi connectivity index (χ2v) is 7.77. The molecule has 0 aliphatic carbocycles. The van der Waals surface area contributed by atoms with Crippen LogP contribution in [-0.2, 0) is 17.8 Å². The van der Waals surface area contributed by atoms with E-state index < -0.39 is 0 Å². The van der Waals surface area contributed by atoms with Crippen molar-refractivity contribution in [3.05, 3.63) is 71.8 Å². The molecule has 1 aromatic carbocycles. The molecule has 1 fully saturated rings. The number of nitrogens with zero attached hydrogens (tertiary/aromatic N) is 1. The van der Waals surface area contributed by atoms with Crippen molar-refractivity contribution in [2.75, 3.05) is 32.8 Å². The molecule has 6 heteroatoms. The summed E-state index contributed by atoms with van der Waals surface area (Å²) >= 11 is 0. The first-order valence-corrected chi connectivity index (χ1v) is 10.7. The summed E-state index contributed by atoms with van der Waals surface area (Å²) in [5.41, 5.74) is 3.94. The Morgan fingerprint density at radius 1 is 1.13 bits per heavy atom. The predicted octanol–water partition coefficient (Wildman–Crippen LogP) is 2.29. The summed E-state index contributed by atoms with van der Waals surface area (Å²) < 4.78 is 13.1. The second-order valence-electron chi connectivity index (χ2n) is 7.77. The summed E-state index contributed by atoms with van der Waals surface area (Å²) in [6.45, 7) is 8.31. The number of morpholine rings is 1. The number of ether oxygens (including phenoxy) is 1. The van der Waals surface area contributed by atoms with Crippen molar-refractivity contribution in [1.82, 2.24) is 9.88 Å². The molecule has 0 spiro atoms. The van der Waals surface area contributed by atoms with Gasteiger partial charge in [0.05, 0.1) is 38.1 Å². The molecule has 30 heavy (non-hydrogen) atoms. The van der Waals surface area contributed by atoms with Gasteiger partial charge in [0.1, 0.15) is 18.8 Å². The molecule has 0 saturated carbocycles. The lowest BCUT2D eigenvalue weighted by Crippen LogP contribution is -3.14. The molecule has 3 heterocycles. The van der Waals surface area contributed by atoms with Gasteiger partial charge in [0, 0.05) is 24.4 Å². The monoisotopic (exact) mass is 408 g/mol. The SMILES string of the molecule is Cc1c(C(=O)NCc2ccco2)cc(-c2ccccc2)n1CCC[NH+]1CCOCC1. The number of carbonyl (C=O) groups excluding carboxylic acids is 1. The smallest absolute Gasteiger partial charge is 0.253 e. The summed E-state index contributed by atoms with van der Waals surface area (Å²) in [5.74, 6) is 0.677. The Morgan fingerprint density at radius 2 is 1.93 bits per heavy atom. The van der Waals surface area contributed by atoms with E-state index in [1.54, 1.807) is 11.2 Å². The number of quaternary nitrogens is 1. The lowest BCUT2D eigenvalue weighted by molar-refractivity contribution is -0.908. The zero-order valence-electron chi connectivity index (χ0n) is 17.5. The molecule has 6 nitrogen and oxygen atoms in total. The highest BCUT2D eigenvalue weighted by atomic mass is 16.5. The van der Waals surface area contributed by atoms with Crippen LogP contribution >= 0.6 is 0 Å². The van der Waals surface area contributed by atoms with Gasteiger partial charge in [-0.2, -0.15) is 0 Å². The van der Waals surface area contributed by atoms with Crippen molar-refractivity contribution in [2.45, 2.75) is 26.4 Å². The highest BCUT2D eigenvalue weighted by Gasteiger charge is 2.19. The van der Waals surface area contributed by atoms with Crippen molar-refractivity contribution < 1.29 is 18.8 Å². The number of benzene rings is 1. The molecule has 0 atom stereocenters. The number of hydrogen-bond acceptors (Lipinski definition) is 3. The Hall–Kier alpha value is -2.83. The molecule has 1 saturated heterocycles. The van der Waals surface area contributed by atoms with Crippen LogP contribution in [0.2, 0.25) is 0 Å². The minimum atomic E-state index is -0.0707. The van der Waals surface area contributed by atoms with E-state index in [1.807, 2.05) is 43.3 Å². The van der Waals surface area contributed by atoms with Gasteiger partial charge in [-0.1, -0.05) is 30.3 Å². The number of rotatable bonds is 8. The minimum Gasteiger partial charge on any atom is -0.467 e. The largest absolute Gasteiger partial charge is 0.467 e. The third kappa shape index (κ3) is 4.83. The molecule has 2 aromatic heterocycles. The molecule has 2 N–H and O–H groups in total. The van der Waals surface area contributed by atoms with Crippen molar-refractivity contribution in [2.24, 2.45) is 0 Å². The van der Waals surface area contributed by atoms with Crippen LogP contribution in [0, 0.1) is 6.92 Å². The Labute approximate surface area is 177 Å². The maximum atomic E-state index is 12.9. The Balaban J connectivity index is 1.51. The van der Waals surface area contributed by atoms with Gasteiger partial charge >= 0.3 is 0 Å². The van der Waals surface area contributed by atoms with Gasteiger partial charge in [0.2, 0.25) is 0 Å². The molecule has 1 aliphatic heterocycles. The van der Waals surface area contributed by atoms with Crippen LogP contribution in [-0.4, -0.2) is 43.3 Å². The van der Waals surface area contributed by atoms with Crippen LogP contribution in [0.15, 0.2) is 59.2 Å². The zero-order chi connectivity index (χ0) is 20.8. The number of nitrogens with one attached hydrogen (secondary N) is 2. The Morgan fingerprint density at radius 3 is 2.67 bits per heavy atom. The fourth-order valence-electron chi connectivity index (χ4n) is 4.08. The summed E-state index contributed by atoms with van der Waals surface area (Å²) in [5, 5.41) is 2.98. The fraction of sp³-hybridized carbons (Fsp3) is 0.375. The third-order valence-electron chi connectivity index (χ3n) is 5.80. The number of carbonyl (C=O) groups is 1. The van der Waals surface area contributed by atoms with Gasteiger partial charge in [-0.3, -0.25) is 4.79 Å². The molecule has 1 aliphatic rings. The highest BCUT2D eigenvalue weighted by molar-refractivity contribution is 5.96.